The first kappa shape index (κ1) is 65.5. The first-order valence-corrected chi connectivity index (χ1v) is 28.4. The lowest BCUT2D eigenvalue weighted by Crippen LogP contribution is -2.68. The number of aliphatic hydroxyl groups excluding tert-OH is 9. The van der Waals surface area contributed by atoms with Crippen LogP contribution >= 0.6 is 0 Å². The Morgan fingerprint density at radius 3 is 1.34 bits per heavy atom. The van der Waals surface area contributed by atoms with Crippen molar-refractivity contribution in [1.29, 1.82) is 0 Å². The van der Waals surface area contributed by atoms with Crippen molar-refractivity contribution in [2.75, 3.05) is 19.8 Å². The molecule has 0 aliphatic carbocycles. The van der Waals surface area contributed by atoms with Crippen LogP contribution in [0.25, 0.3) is 0 Å². The highest BCUT2D eigenvalue weighted by Gasteiger charge is 2.51. The summed E-state index contributed by atoms with van der Waals surface area (Å²) < 4.78 is 23.1. The van der Waals surface area contributed by atoms with Gasteiger partial charge in [-0.2, -0.15) is 0 Å². The van der Waals surface area contributed by atoms with Crippen molar-refractivity contribution in [2.24, 2.45) is 0 Å². The van der Waals surface area contributed by atoms with Crippen LogP contribution in [0.4, 0.5) is 0 Å². The van der Waals surface area contributed by atoms with Crippen molar-refractivity contribution >= 4 is 11.8 Å². The molecule has 71 heavy (non-hydrogen) atoms. The number of carbonyl (C=O) groups is 2. The Bertz CT molecular complexity index is 1310. The second-order valence-electron chi connectivity index (χ2n) is 20.7. The lowest BCUT2D eigenvalue weighted by Gasteiger charge is -2.47. The molecule has 0 radical (unpaired) electrons. The Morgan fingerprint density at radius 1 is 0.521 bits per heavy atom. The topological polar surface area (TPSA) is 277 Å². The van der Waals surface area contributed by atoms with E-state index in [1.54, 1.807) is 0 Å². The van der Waals surface area contributed by atoms with Crippen molar-refractivity contribution < 1.29 is 74.5 Å². The molecule has 0 aromatic rings. The summed E-state index contributed by atoms with van der Waals surface area (Å²) in [5.41, 5.74) is 0. The monoisotopic (exact) mass is 1020 g/mol. The third-order valence-corrected chi connectivity index (χ3v) is 14.4. The summed E-state index contributed by atoms with van der Waals surface area (Å²) >= 11 is 0. The lowest BCUT2D eigenvalue weighted by atomic mass is 9.95. The van der Waals surface area contributed by atoms with E-state index in [2.05, 4.69) is 24.5 Å². The van der Waals surface area contributed by atoms with E-state index in [9.17, 15) is 55.5 Å². The van der Waals surface area contributed by atoms with Crippen LogP contribution in [0.15, 0.2) is 0 Å². The van der Waals surface area contributed by atoms with E-state index in [1.165, 1.54) is 128 Å². The summed E-state index contributed by atoms with van der Waals surface area (Å²) in [7, 11) is 0. The Labute approximate surface area is 427 Å². The minimum atomic E-state index is -1.85. The van der Waals surface area contributed by atoms with E-state index in [-0.39, 0.29) is 12.8 Å². The third kappa shape index (κ3) is 27.2. The maximum Gasteiger partial charge on any atom is 0.249 e. The molecule has 2 heterocycles. The number of rotatable bonds is 44. The summed E-state index contributed by atoms with van der Waals surface area (Å²) in [6.07, 6.45) is 17.1. The molecule has 0 bridgehead atoms. The van der Waals surface area contributed by atoms with Gasteiger partial charge in [0.05, 0.1) is 32.0 Å². The number of amides is 2. The number of unbranched alkanes of at least 4 members (excludes halogenated alkanes) is 28. The number of ether oxygens (including phenoxy) is 4. The highest BCUT2D eigenvalue weighted by atomic mass is 16.7. The van der Waals surface area contributed by atoms with Crippen molar-refractivity contribution in [3.8, 4) is 0 Å². The summed E-state index contributed by atoms with van der Waals surface area (Å²) in [6.45, 7) is 3.54. The third-order valence-electron chi connectivity index (χ3n) is 14.4. The molecule has 17 heteroatoms. The average molecular weight is 1020 g/mol. The molecule has 2 aliphatic heterocycles. The molecule has 0 aromatic heterocycles. The predicted octanol–water partition coefficient (Wildman–Crippen LogP) is 5.86. The Morgan fingerprint density at radius 2 is 0.915 bits per heavy atom. The van der Waals surface area contributed by atoms with Crippen LogP contribution in [-0.2, 0) is 28.5 Å². The first-order chi connectivity index (χ1) is 34.3. The Balaban J connectivity index is 1.94. The minimum absolute atomic E-state index is 0.195. The number of hydrogen-bond acceptors (Lipinski definition) is 15. The van der Waals surface area contributed by atoms with Crippen LogP contribution in [0.5, 0.6) is 0 Å². The Kier molecular flexibility index (Phi) is 37.6. The fourth-order valence-electron chi connectivity index (χ4n) is 9.80. The van der Waals surface area contributed by atoms with Crippen LogP contribution in [0.1, 0.15) is 226 Å². The predicted molar refractivity (Wildman–Crippen MR) is 273 cm³/mol. The van der Waals surface area contributed by atoms with Gasteiger partial charge in [-0.25, -0.2) is 0 Å². The van der Waals surface area contributed by atoms with Crippen LogP contribution in [-0.4, -0.2) is 163 Å². The molecular formula is C54H104N2O15. The molecule has 14 atom stereocenters. The molecule has 2 aliphatic rings. The van der Waals surface area contributed by atoms with E-state index in [0.717, 1.165) is 58.3 Å². The van der Waals surface area contributed by atoms with Gasteiger partial charge >= 0.3 is 0 Å². The van der Waals surface area contributed by atoms with Gasteiger partial charge in [-0.3, -0.25) is 9.59 Å². The van der Waals surface area contributed by atoms with Crippen molar-refractivity contribution in [2.45, 2.75) is 312 Å². The minimum Gasteiger partial charge on any atom is -0.394 e. The SMILES string of the molecule is CCCCCCCCCCCCCCCCCCCCC[C@@H](O)C(=O)N[C@@H](CO[C@H]1O[C@H](CO)[C@H](O)[C@H](O[C@H]2O[C@H](CO)[C@H](O)[C@H](O)[C@H]2NC(C)=O)[C@H]1O)[C@H](O)[C@H](O)CCCCCCCCCCCCC. The van der Waals surface area contributed by atoms with Gasteiger partial charge in [0, 0.05) is 6.92 Å². The largest absolute Gasteiger partial charge is 0.394 e. The van der Waals surface area contributed by atoms with Crippen LogP contribution in [0.3, 0.4) is 0 Å². The molecule has 2 rings (SSSR count). The van der Waals surface area contributed by atoms with Crippen molar-refractivity contribution in [1.82, 2.24) is 10.6 Å². The number of hydrogen-bond donors (Lipinski definition) is 11. The molecule has 2 saturated heterocycles. The quantitative estimate of drug-likeness (QED) is 0.0319. The van der Waals surface area contributed by atoms with Crippen molar-refractivity contribution in [3.63, 3.8) is 0 Å². The Hall–Kier alpha value is -1.58. The fourth-order valence-corrected chi connectivity index (χ4v) is 9.80. The van der Waals surface area contributed by atoms with E-state index >= 15 is 0 Å². The van der Waals surface area contributed by atoms with Crippen molar-refractivity contribution in [3.05, 3.63) is 0 Å². The van der Waals surface area contributed by atoms with Gasteiger partial charge in [0.1, 0.15) is 61.0 Å². The molecule has 2 fully saturated rings. The summed E-state index contributed by atoms with van der Waals surface area (Å²) in [5, 5.41) is 102. The van der Waals surface area contributed by atoms with E-state index in [1.807, 2.05) is 0 Å². The summed E-state index contributed by atoms with van der Waals surface area (Å²) in [6, 6.07) is -2.71. The zero-order valence-electron chi connectivity index (χ0n) is 44.3. The van der Waals surface area contributed by atoms with Gasteiger partial charge in [-0.1, -0.05) is 206 Å². The molecule has 17 nitrogen and oxygen atoms in total. The highest BCUT2D eigenvalue weighted by molar-refractivity contribution is 5.80. The molecule has 0 aromatic carbocycles. The van der Waals surface area contributed by atoms with E-state index in [0.29, 0.717) is 12.8 Å². The lowest BCUT2D eigenvalue weighted by molar-refractivity contribution is -0.348. The number of aliphatic hydroxyl groups is 9. The van der Waals surface area contributed by atoms with Gasteiger partial charge in [0.2, 0.25) is 11.8 Å². The van der Waals surface area contributed by atoms with Crippen LogP contribution in [0, 0.1) is 0 Å². The normalized spacial score (nSPS) is 26.5. The van der Waals surface area contributed by atoms with Gasteiger partial charge < -0.3 is 75.5 Å². The molecule has 11 N–H and O–H groups in total. The van der Waals surface area contributed by atoms with Gasteiger partial charge in [0.25, 0.3) is 0 Å². The zero-order chi connectivity index (χ0) is 52.2. The molecular weight excluding hydrogens is 917 g/mol. The fraction of sp³-hybridized carbons (Fsp3) is 0.963. The molecule has 0 spiro atoms. The molecule has 420 valence electrons. The van der Waals surface area contributed by atoms with E-state index < -0.39 is 117 Å². The summed E-state index contributed by atoms with van der Waals surface area (Å²) in [4.78, 5) is 25.4. The van der Waals surface area contributed by atoms with Gasteiger partial charge in [0.15, 0.2) is 12.6 Å². The number of carbonyl (C=O) groups excluding carboxylic acids is 2. The van der Waals surface area contributed by atoms with Crippen LogP contribution in [0.2, 0.25) is 0 Å². The standard InChI is InChI=1S/C54H104N2O15/c1-4-6-8-10-12-14-16-17-18-19-20-21-22-23-25-27-29-31-33-35-42(61)52(67)56-40(46(62)41(60)34-32-30-28-26-24-15-13-11-9-7-5-2)38-68-54-50(66)51(48(64)44(37-58)70-54)71-53-45(55-39(3)59)49(65)47(63)43(36-57)69-53/h40-51,53-54,57-58,60-66H,4-38H2,1-3H3,(H,55,59)(H,56,67)/t40-,41+,42+,43+,44+,45+,46-,47-,48-,49+,50+,51-,53+,54-/m0/s1. The second kappa shape index (κ2) is 40.7. The maximum atomic E-state index is 13.4. The smallest absolute Gasteiger partial charge is 0.249 e. The second-order valence-corrected chi connectivity index (χ2v) is 20.7. The highest BCUT2D eigenvalue weighted by Crippen LogP contribution is 2.30. The van der Waals surface area contributed by atoms with Gasteiger partial charge in [-0.05, 0) is 12.8 Å². The average Bonchev–Trinajstić information content (AvgIpc) is 3.35. The molecule has 0 saturated carbocycles. The van der Waals surface area contributed by atoms with Crippen LogP contribution < -0.4 is 10.6 Å². The van der Waals surface area contributed by atoms with E-state index in [4.69, 9.17) is 18.9 Å². The number of nitrogens with one attached hydrogen (secondary N) is 2. The van der Waals surface area contributed by atoms with Gasteiger partial charge in [-0.15, -0.1) is 0 Å². The molecule has 0 unspecified atom stereocenters. The first-order valence-electron chi connectivity index (χ1n) is 28.4. The molecule has 2 amide bonds. The summed E-state index contributed by atoms with van der Waals surface area (Å²) in [5.74, 6) is -1.40. The zero-order valence-corrected chi connectivity index (χ0v) is 44.3. The maximum absolute atomic E-state index is 13.4.